The fraction of sp³-hybridized carbons (Fsp3) is 0.269. The van der Waals surface area contributed by atoms with Gasteiger partial charge < -0.3 is 24.1 Å². The van der Waals surface area contributed by atoms with Crippen LogP contribution in [0.1, 0.15) is 39.7 Å². The SMILES string of the molecule is COc1ccc(C2c3cc(OC)ccc3C(c3cc4c(cc3OC)CO4)C2C(=O)O)cc1. The third-order valence-corrected chi connectivity index (χ3v) is 6.57. The summed E-state index contributed by atoms with van der Waals surface area (Å²) in [7, 11) is 4.84. The molecule has 0 fully saturated rings. The van der Waals surface area contributed by atoms with Crippen LogP contribution in [0.2, 0.25) is 0 Å². The first-order valence-corrected chi connectivity index (χ1v) is 10.4. The number of fused-ring (bicyclic) bond motifs is 2. The van der Waals surface area contributed by atoms with Crippen LogP contribution in [0.5, 0.6) is 23.0 Å². The van der Waals surface area contributed by atoms with E-state index in [4.69, 9.17) is 18.9 Å². The lowest BCUT2D eigenvalue weighted by molar-refractivity contribution is -0.142. The first-order chi connectivity index (χ1) is 15.5. The Bertz CT molecular complexity index is 1180. The van der Waals surface area contributed by atoms with Gasteiger partial charge in [-0.1, -0.05) is 18.2 Å². The van der Waals surface area contributed by atoms with Crippen molar-refractivity contribution >= 4 is 5.97 Å². The number of carboxylic acids is 1. The summed E-state index contributed by atoms with van der Waals surface area (Å²) in [5.74, 6) is 0.541. The second-order valence-corrected chi connectivity index (χ2v) is 8.08. The molecule has 6 heteroatoms. The highest BCUT2D eigenvalue weighted by atomic mass is 16.5. The number of ether oxygens (including phenoxy) is 4. The van der Waals surface area contributed by atoms with E-state index in [2.05, 4.69) is 0 Å². The molecule has 1 heterocycles. The van der Waals surface area contributed by atoms with Crippen molar-refractivity contribution in [2.45, 2.75) is 18.4 Å². The number of hydrogen-bond acceptors (Lipinski definition) is 5. The highest BCUT2D eigenvalue weighted by Gasteiger charge is 2.48. The standard InChI is InChI=1S/C26H24O6/c1-29-16-6-4-14(5-7-16)23-19-11-17(30-2)8-9-18(19)24(25(23)26(27)28)20-12-21-15(13-32-21)10-22(20)31-3/h4-12,23-25H,13H2,1-3H3,(H,27,28). The Balaban J connectivity index is 1.73. The molecule has 1 N–H and O–H groups in total. The fourth-order valence-electron chi connectivity index (χ4n) is 5.02. The van der Waals surface area contributed by atoms with Gasteiger partial charge in [0.1, 0.15) is 29.6 Å². The van der Waals surface area contributed by atoms with Crippen LogP contribution in [0.25, 0.3) is 0 Å². The molecular formula is C26H24O6. The zero-order chi connectivity index (χ0) is 22.4. The maximum atomic E-state index is 12.8. The molecule has 0 spiro atoms. The van der Waals surface area contributed by atoms with Gasteiger partial charge in [0.15, 0.2) is 0 Å². The second-order valence-electron chi connectivity index (χ2n) is 8.08. The lowest BCUT2D eigenvalue weighted by atomic mass is 9.79. The molecule has 2 aliphatic rings. The van der Waals surface area contributed by atoms with Gasteiger partial charge >= 0.3 is 5.97 Å². The molecule has 32 heavy (non-hydrogen) atoms. The number of hydrogen-bond donors (Lipinski definition) is 1. The first-order valence-electron chi connectivity index (χ1n) is 10.4. The zero-order valence-electron chi connectivity index (χ0n) is 18.1. The first kappa shape index (κ1) is 20.2. The predicted octanol–water partition coefficient (Wildman–Crippen LogP) is 4.58. The summed E-state index contributed by atoms with van der Waals surface area (Å²) in [4.78, 5) is 12.8. The summed E-state index contributed by atoms with van der Waals surface area (Å²) in [5, 5.41) is 10.4. The maximum Gasteiger partial charge on any atom is 0.308 e. The maximum absolute atomic E-state index is 12.8. The Hall–Kier alpha value is -3.67. The van der Waals surface area contributed by atoms with Crippen LogP contribution in [-0.4, -0.2) is 32.4 Å². The lowest BCUT2D eigenvalue weighted by Crippen LogP contribution is -2.24. The molecule has 3 aromatic rings. The van der Waals surface area contributed by atoms with Gasteiger partial charge in [-0.25, -0.2) is 0 Å². The van der Waals surface area contributed by atoms with Crippen molar-refractivity contribution < 1.29 is 28.8 Å². The Kier molecular flexibility index (Phi) is 4.93. The van der Waals surface area contributed by atoms with Crippen molar-refractivity contribution in [2.75, 3.05) is 21.3 Å². The van der Waals surface area contributed by atoms with Crippen LogP contribution >= 0.6 is 0 Å². The monoisotopic (exact) mass is 432 g/mol. The predicted molar refractivity (Wildman–Crippen MR) is 118 cm³/mol. The van der Waals surface area contributed by atoms with Crippen LogP contribution in [0.15, 0.2) is 54.6 Å². The van der Waals surface area contributed by atoms with Crippen LogP contribution in [-0.2, 0) is 11.4 Å². The molecular weight excluding hydrogens is 408 g/mol. The zero-order valence-corrected chi connectivity index (χ0v) is 18.1. The molecule has 0 saturated carbocycles. The van der Waals surface area contributed by atoms with Crippen LogP contribution < -0.4 is 18.9 Å². The normalized spacial score (nSPS) is 20.4. The quantitative estimate of drug-likeness (QED) is 0.615. The average Bonchev–Trinajstić information content (AvgIpc) is 3.14. The largest absolute Gasteiger partial charge is 0.497 e. The van der Waals surface area contributed by atoms with E-state index in [1.807, 2.05) is 54.6 Å². The number of carboxylic acid groups (broad SMARTS) is 1. The molecule has 0 aromatic heterocycles. The Labute approximate surface area is 186 Å². The molecule has 0 bridgehead atoms. The summed E-state index contributed by atoms with van der Waals surface area (Å²) in [6, 6.07) is 17.3. The van der Waals surface area contributed by atoms with E-state index in [0.717, 1.165) is 39.3 Å². The molecule has 3 atom stereocenters. The summed E-state index contributed by atoms with van der Waals surface area (Å²) in [6.45, 7) is 0.543. The van der Waals surface area contributed by atoms with Crippen molar-refractivity contribution in [1.29, 1.82) is 0 Å². The number of aliphatic carboxylic acids is 1. The van der Waals surface area contributed by atoms with Gasteiger partial charge in [0, 0.05) is 23.0 Å². The molecule has 1 aliphatic carbocycles. The second kappa shape index (κ2) is 7.79. The number of carbonyl (C=O) groups is 1. The van der Waals surface area contributed by atoms with Crippen LogP contribution in [0.4, 0.5) is 0 Å². The van der Waals surface area contributed by atoms with Gasteiger partial charge in [0.05, 0.1) is 27.2 Å². The van der Waals surface area contributed by atoms with Gasteiger partial charge in [-0.2, -0.15) is 0 Å². The number of rotatable bonds is 6. The van der Waals surface area contributed by atoms with E-state index in [-0.39, 0.29) is 5.92 Å². The van der Waals surface area contributed by atoms with Crippen molar-refractivity contribution in [2.24, 2.45) is 5.92 Å². The molecule has 0 amide bonds. The van der Waals surface area contributed by atoms with Crippen molar-refractivity contribution in [3.8, 4) is 23.0 Å². The van der Waals surface area contributed by atoms with E-state index in [1.54, 1.807) is 21.3 Å². The fourth-order valence-corrected chi connectivity index (χ4v) is 5.02. The number of benzene rings is 3. The summed E-state index contributed by atoms with van der Waals surface area (Å²) >= 11 is 0. The Morgan fingerprint density at radius 3 is 2.16 bits per heavy atom. The molecule has 0 saturated heterocycles. The highest BCUT2D eigenvalue weighted by Crippen LogP contribution is 2.56. The molecule has 0 radical (unpaired) electrons. The molecule has 164 valence electrons. The minimum absolute atomic E-state index is 0.356. The highest BCUT2D eigenvalue weighted by molar-refractivity contribution is 5.78. The number of methoxy groups -OCH3 is 3. The Morgan fingerprint density at radius 2 is 1.56 bits per heavy atom. The van der Waals surface area contributed by atoms with E-state index < -0.39 is 17.8 Å². The minimum Gasteiger partial charge on any atom is -0.497 e. The third kappa shape index (κ3) is 3.06. The molecule has 1 aliphatic heterocycles. The van der Waals surface area contributed by atoms with E-state index in [9.17, 15) is 9.90 Å². The van der Waals surface area contributed by atoms with Gasteiger partial charge in [-0.05, 0) is 53.1 Å². The van der Waals surface area contributed by atoms with Crippen molar-refractivity contribution in [3.05, 3.63) is 82.4 Å². The van der Waals surface area contributed by atoms with Gasteiger partial charge in [0.2, 0.25) is 0 Å². The summed E-state index contributed by atoms with van der Waals surface area (Å²) in [5.41, 5.74) is 4.70. The van der Waals surface area contributed by atoms with E-state index >= 15 is 0 Å². The average molecular weight is 432 g/mol. The van der Waals surface area contributed by atoms with E-state index in [1.165, 1.54) is 0 Å². The van der Waals surface area contributed by atoms with E-state index in [0.29, 0.717) is 18.1 Å². The van der Waals surface area contributed by atoms with Crippen LogP contribution in [0, 0.1) is 5.92 Å². The molecule has 6 nitrogen and oxygen atoms in total. The summed E-state index contributed by atoms with van der Waals surface area (Å²) in [6.07, 6.45) is 0. The van der Waals surface area contributed by atoms with Crippen molar-refractivity contribution in [3.63, 3.8) is 0 Å². The lowest BCUT2D eigenvalue weighted by Gasteiger charge is -2.28. The van der Waals surface area contributed by atoms with Gasteiger partial charge in [0.25, 0.3) is 0 Å². The van der Waals surface area contributed by atoms with Crippen molar-refractivity contribution in [1.82, 2.24) is 0 Å². The topological polar surface area (TPSA) is 74.2 Å². The van der Waals surface area contributed by atoms with Gasteiger partial charge in [-0.3, -0.25) is 4.79 Å². The molecule has 3 unspecified atom stereocenters. The summed E-state index contributed by atoms with van der Waals surface area (Å²) < 4.78 is 22.1. The van der Waals surface area contributed by atoms with Crippen LogP contribution in [0.3, 0.4) is 0 Å². The minimum atomic E-state index is -0.864. The van der Waals surface area contributed by atoms with Gasteiger partial charge in [-0.15, -0.1) is 0 Å². The molecule has 5 rings (SSSR count). The Morgan fingerprint density at radius 1 is 0.844 bits per heavy atom. The molecule has 3 aromatic carbocycles. The smallest absolute Gasteiger partial charge is 0.308 e. The third-order valence-electron chi connectivity index (χ3n) is 6.57.